The third kappa shape index (κ3) is 5.31. The summed E-state index contributed by atoms with van der Waals surface area (Å²) in [5.41, 5.74) is 6.95. The predicted molar refractivity (Wildman–Crippen MR) is 113 cm³/mol. The second-order valence-corrected chi connectivity index (χ2v) is 8.32. The summed E-state index contributed by atoms with van der Waals surface area (Å²) in [5.74, 6) is 1.23. The van der Waals surface area contributed by atoms with Gasteiger partial charge in [-0.1, -0.05) is 18.0 Å². The number of likely N-dealkylation sites (N-methyl/N-ethyl adjacent to an activating group) is 1. The average Bonchev–Trinajstić information content (AvgIpc) is 2.60. The number of rotatable bonds is 5. The van der Waals surface area contributed by atoms with Gasteiger partial charge < -0.3 is 20.7 Å². The molecule has 8 heteroatoms. The van der Waals surface area contributed by atoms with Crippen LogP contribution in [0, 0.1) is 17.8 Å². The van der Waals surface area contributed by atoms with Crippen molar-refractivity contribution in [1.82, 2.24) is 4.90 Å². The maximum Gasteiger partial charge on any atom is 0.259 e. The quantitative estimate of drug-likeness (QED) is 0.751. The lowest BCUT2D eigenvalue weighted by molar-refractivity contribution is -0.130. The minimum Gasteiger partial charge on any atom is -0.482 e. The van der Waals surface area contributed by atoms with E-state index in [1.54, 1.807) is 32.3 Å². The van der Waals surface area contributed by atoms with Crippen LogP contribution in [0.2, 0.25) is 5.02 Å². The molecule has 156 valence electrons. The van der Waals surface area contributed by atoms with Crippen LogP contribution in [0.15, 0.2) is 18.2 Å². The van der Waals surface area contributed by atoms with Crippen molar-refractivity contribution in [2.24, 2.45) is 23.5 Å². The van der Waals surface area contributed by atoms with Gasteiger partial charge >= 0.3 is 0 Å². The van der Waals surface area contributed by atoms with E-state index in [2.05, 4.69) is 5.32 Å². The number of ether oxygens (including phenoxy) is 1. The first-order valence-electron chi connectivity index (χ1n) is 9.54. The third-order valence-electron chi connectivity index (χ3n) is 5.83. The molecule has 3 rings (SSSR count). The molecule has 1 aromatic rings. The minimum atomic E-state index is -0.149. The van der Waals surface area contributed by atoms with Crippen LogP contribution in [0.1, 0.15) is 32.1 Å². The Balaban J connectivity index is 0.00000280. The lowest BCUT2D eigenvalue weighted by Crippen LogP contribution is -2.48. The number of nitrogens with two attached hydrogens (primary N) is 1. The van der Waals surface area contributed by atoms with Crippen LogP contribution in [0.5, 0.6) is 5.75 Å². The van der Waals surface area contributed by atoms with Crippen molar-refractivity contribution in [3.8, 4) is 5.75 Å². The van der Waals surface area contributed by atoms with E-state index in [1.165, 1.54) is 11.3 Å². The summed E-state index contributed by atoms with van der Waals surface area (Å²) < 4.78 is 5.45. The lowest BCUT2D eigenvalue weighted by atomic mass is 9.65. The van der Waals surface area contributed by atoms with Gasteiger partial charge in [0, 0.05) is 31.7 Å². The number of carbonyl (C=O) groups is 2. The van der Waals surface area contributed by atoms with E-state index >= 15 is 0 Å². The van der Waals surface area contributed by atoms with Gasteiger partial charge in [0.1, 0.15) is 5.75 Å². The van der Waals surface area contributed by atoms with E-state index < -0.39 is 0 Å². The van der Waals surface area contributed by atoms with Crippen LogP contribution in [-0.4, -0.2) is 43.5 Å². The molecular weight excluding hydrogens is 401 g/mol. The Hall–Kier alpha value is -1.50. The third-order valence-corrected chi connectivity index (χ3v) is 6.13. The Kier molecular flexibility index (Phi) is 7.98. The fraction of sp³-hybridized carbons (Fsp3) is 0.600. The van der Waals surface area contributed by atoms with Crippen LogP contribution in [-0.2, 0) is 9.59 Å². The monoisotopic (exact) mass is 429 g/mol. The molecule has 2 fully saturated rings. The second-order valence-electron chi connectivity index (χ2n) is 7.91. The number of hydrogen-bond donors (Lipinski definition) is 2. The number of hydrogen-bond acceptors (Lipinski definition) is 4. The molecule has 2 unspecified atom stereocenters. The Bertz CT molecular complexity index is 700. The smallest absolute Gasteiger partial charge is 0.259 e. The Morgan fingerprint density at radius 3 is 2.46 bits per heavy atom. The highest BCUT2D eigenvalue weighted by atomic mass is 35.5. The number of nitrogens with zero attached hydrogens (tertiary/aromatic N) is 1. The van der Waals surface area contributed by atoms with Gasteiger partial charge in [-0.2, -0.15) is 0 Å². The van der Waals surface area contributed by atoms with E-state index in [4.69, 9.17) is 22.1 Å². The van der Waals surface area contributed by atoms with Crippen LogP contribution in [0.3, 0.4) is 0 Å². The minimum absolute atomic E-state index is 0. The number of halogens is 2. The summed E-state index contributed by atoms with van der Waals surface area (Å²) in [6, 6.07) is 5.32. The zero-order valence-electron chi connectivity index (χ0n) is 16.3. The molecule has 2 aliphatic rings. The summed E-state index contributed by atoms with van der Waals surface area (Å²) in [7, 11) is 3.33. The van der Waals surface area contributed by atoms with E-state index in [9.17, 15) is 9.59 Å². The van der Waals surface area contributed by atoms with Gasteiger partial charge in [-0.25, -0.2) is 0 Å². The Morgan fingerprint density at radius 1 is 1.25 bits per heavy atom. The number of fused-ring (bicyclic) bond motifs is 2. The molecule has 2 saturated carbocycles. The molecule has 3 N–H and O–H groups in total. The molecule has 1 aromatic carbocycles. The van der Waals surface area contributed by atoms with Crippen molar-refractivity contribution in [1.29, 1.82) is 0 Å². The Morgan fingerprint density at radius 2 is 1.89 bits per heavy atom. The highest BCUT2D eigenvalue weighted by molar-refractivity contribution is 6.32. The van der Waals surface area contributed by atoms with E-state index in [-0.39, 0.29) is 42.8 Å². The van der Waals surface area contributed by atoms with Gasteiger partial charge in [0.25, 0.3) is 5.91 Å². The molecule has 2 bridgehead atoms. The van der Waals surface area contributed by atoms with Gasteiger partial charge in [-0.15, -0.1) is 12.4 Å². The Labute approximate surface area is 177 Å². The standard InChI is InChI=1S/C20H28ClN3O3.ClH/c1-24(2)18(25)11-27-17-7-6-15(10-16(17)21)23-20(26)14-8-12-4-3-5-13(9-14)19(12)22;/h6-7,10,12-14,19H,3-5,8-9,11,22H2,1-2H3,(H,23,26);1H. The van der Waals surface area contributed by atoms with Crippen LogP contribution in [0.25, 0.3) is 0 Å². The molecule has 0 heterocycles. The molecule has 0 saturated heterocycles. The average molecular weight is 430 g/mol. The number of nitrogens with one attached hydrogen (secondary N) is 1. The van der Waals surface area contributed by atoms with Crippen LogP contribution >= 0.6 is 24.0 Å². The summed E-state index contributed by atoms with van der Waals surface area (Å²) in [5, 5.41) is 3.33. The molecule has 2 atom stereocenters. The molecule has 2 amide bonds. The summed E-state index contributed by atoms with van der Waals surface area (Å²) in [6.07, 6.45) is 5.22. The van der Waals surface area contributed by atoms with Crippen molar-refractivity contribution < 1.29 is 14.3 Å². The normalized spacial score (nSPS) is 26.0. The van der Waals surface area contributed by atoms with E-state index in [1.807, 2.05) is 0 Å². The molecule has 0 aromatic heterocycles. The number of carbonyl (C=O) groups excluding carboxylic acids is 2. The number of amides is 2. The number of anilines is 1. The highest BCUT2D eigenvalue weighted by Crippen LogP contribution is 2.42. The SMILES string of the molecule is CN(C)C(=O)COc1ccc(NC(=O)C2CC3CCCC(C2)C3N)cc1Cl.Cl. The molecule has 0 radical (unpaired) electrons. The van der Waals surface area contributed by atoms with Crippen molar-refractivity contribution in [3.05, 3.63) is 23.2 Å². The van der Waals surface area contributed by atoms with Crippen LogP contribution < -0.4 is 15.8 Å². The van der Waals surface area contributed by atoms with Gasteiger partial charge in [-0.05, 0) is 55.7 Å². The molecule has 28 heavy (non-hydrogen) atoms. The first-order valence-corrected chi connectivity index (χ1v) is 9.92. The summed E-state index contributed by atoms with van der Waals surface area (Å²) >= 11 is 6.24. The fourth-order valence-electron chi connectivity index (χ4n) is 4.21. The largest absolute Gasteiger partial charge is 0.482 e. The molecule has 0 spiro atoms. The predicted octanol–water partition coefficient (Wildman–Crippen LogP) is 3.32. The molecular formula is C20H29Cl2N3O3. The number of benzene rings is 1. The van der Waals surface area contributed by atoms with E-state index in [0.717, 1.165) is 25.7 Å². The lowest BCUT2D eigenvalue weighted by Gasteiger charge is -2.43. The molecule has 2 aliphatic carbocycles. The van der Waals surface area contributed by atoms with Gasteiger partial charge in [0.05, 0.1) is 5.02 Å². The maximum absolute atomic E-state index is 12.7. The zero-order chi connectivity index (χ0) is 19.6. The van der Waals surface area contributed by atoms with Crippen LogP contribution in [0.4, 0.5) is 5.69 Å². The van der Waals surface area contributed by atoms with Gasteiger partial charge in [0.15, 0.2) is 6.61 Å². The maximum atomic E-state index is 12.7. The van der Waals surface area contributed by atoms with Crippen molar-refractivity contribution >= 4 is 41.5 Å². The summed E-state index contributed by atoms with van der Waals surface area (Å²) in [6.45, 7) is -0.0798. The van der Waals surface area contributed by atoms with Crippen molar-refractivity contribution in [2.45, 2.75) is 38.1 Å². The first-order chi connectivity index (χ1) is 12.8. The van der Waals surface area contributed by atoms with Gasteiger partial charge in [-0.3, -0.25) is 9.59 Å². The molecule has 6 nitrogen and oxygen atoms in total. The topological polar surface area (TPSA) is 84.7 Å². The highest BCUT2D eigenvalue weighted by Gasteiger charge is 2.40. The van der Waals surface area contributed by atoms with Crippen molar-refractivity contribution in [2.75, 3.05) is 26.0 Å². The van der Waals surface area contributed by atoms with Crippen molar-refractivity contribution in [3.63, 3.8) is 0 Å². The second kappa shape index (κ2) is 9.81. The summed E-state index contributed by atoms with van der Waals surface area (Å²) in [4.78, 5) is 25.8. The first kappa shape index (κ1) is 22.8. The molecule has 0 aliphatic heterocycles. The van der Waals surface area contributed by atoms with Gasteiger partial charge in [0.2, 0.25) is 5.91 Å². The van der Waals surface area contributed by atoms with E-state index in [0.29, 0.717) is 28.3 Å². The fourth-order valence-corrected chi connectivity index (χ4v) is 4.45. The zero-order valence-corrected chi connectivity index (χ0v) is 17.9.